The van der Waals surface area contributed by atoms with Crippen LogP contribution in [-0.2, 0) is 35.2 Å². The van der Waals surface area contributed by atoms with E-state index in [1.807, 2.05) is 30.3 Å². The maximum absolute atomic E-state index is 11.8. The van der Waals surface area contributed by atoms with E-state index in [-0.39, 0.29) is 19.1 Å². The minimum absolute atomic E-state index is 0.0458. The van der Waals surface area contributed by atoms with Gasteiger partial charge < -0.3 is 35.1 Å². The van der Waals surface area contributed by atoms with Crippen molar-refractivity contribution in [2.45, 2.75) is 64.1 Å². The number of nitrogens with one attached hydrogen (secondary N) is 2. The highest BCUT2D eigenvalue weighted by atomic mass is 16.7. The summed E-state index contributed by atoms with van der Waals surface area (Å²) < 4.78 is 17.2. The Bertz CT molecular complexity index is 729. The van der Waals surface area contributed by atoms with Crippen molar-refractivity contribution in [1.82, 2.24) is 10.6 Å². The van der Waals surface area contributed by atoms with Crippen LogP contribution in [0.5, 0.6) is 0 Å². The molecule has 6 atom stereocenters. The summed E-state index contributed by atoms with van der Waals surface area (Å²) in [7, 11) is 0. The second kappa shape index (κ2) is 11.0. The smallest absolute Gasteiger partial charge is 0.332 e. The molecule has 1 aromatic carbocycles. The van der Waals surface area contributed by atoms with E-state index in [2.05, 4.69) is 10.6 Å². The molecule has 4 N–H and O–H groups in total. The maximum atomic E-state index is 11.8. The summed E-state index contributed by atoms with van der Waals surface area (Å²) in [5, 5.41) is 25.1. The third kappa shape index (κ3) is 6.77. The lowest BCUT2D eigenvalue weighted by atomic mass is 9.95. The maximum Gasteiger partial charge on any atom is 0.332 e. The number of carboxylic acids is 1. The van der Waals surface area contributed by atoms with Crippen molar-refractivity contribution in [3.05, 3.63) is 35.9 Å². The quantitative estimate of drug-likeness (QED) is 0.426. The molecule has 1 aliphatic heterocycles. The van der Waals surface area contributed by atoms with Gasteiger partial charge in [-0.25, -0.2) is 4.79 Å². The van der Waals surface area contributed by atoms with E-state index in [0.29, 0.717) is 0 Å². The summed E-state index contributed by atoms with van der Waals surface area (Å²) in [5.74, 6) is -1.98. The fourth-order valence-corrected chi connectivity index (χ4v) is 3.07. The van der Waals surface area contributed by atoms with Crippen LogP contribution in [0.3, 0.4) is 0 Å². The van der Waals surface area contributed by atoms with Crippen LogP contribution in [0.1, 0.15) is 26.3 Å². The van der Waals surface area contributed by atoms with Crippen LogP contribution in [0.4, 0.5) is 0 Å². The molecule has 0 spiro atoms. The Morgan fingerprint density at radius 3 is 2.40 bits per heavy atom. The highest BCUT2D eigenvalue weighted by Crippen LogP contribution is 2.26. The van der Waals surface area contributed by atoms with Gasteiger partial charge in [0.1, 0.15) is 24.4 Å². The number of rotatable bonds is 9. The Hall–Kier alpha value is -2.53. The van der Waals surface area contributed by atoms with Crippen molar-refractivity contribution in [2.75, 3.05) is 6.54 Å². The molecule has 0 bridgehead atoms. The number of amides is 2. The highest BCUT2D eigenvalue weighted by Gasteiger charge is 2.48. The molecule has 0 aliphatic carbocycles. The molecule has 1 aromatic rings. The first kappa shape index (κ1) is 23.7. The first-order chi connectivity index (χ1) is 14.2. The molecule has 1 saturated heterocycles. The summed E-state index contributed by atoms with van der Waals surface area (Å²) in [5.41, 5.74) is 0.851. The molecule has 30 heavy (non-hydrogen) atoms. The molecule has 1 aliphatic rings. The standard InChI is InChI=1S/C20H28N2O8/c1-11(19(26)27)29-18-16(22-13(3)24)20(28-10-14-7-5-4-6-8-14)30-15(17(18)25)9-21-12(2)23/h4-8,11,15-18,20,25H,9-10H2,1-3H3,(H,21,23)(H,22,24)(H,26,27)/t11?,15-,16-,17-,18-,20+/m1/s1. The van der Waals surface area contributed by atoms with E-state index < -0.39 is 48.6 Å². The van der Waals surface area contributed by atoms with E-state index >= 15 is 0 Å². The van der Waals surface area contributed by atoms with Gasteiger partial charge in [-0.05, 0) is 12.5 Å². The number of hydrogen-bond donors (Lipinski definition) is 4. The van der Waals surface area contributed by atoms with E-state index in [1.54, 1.807) is 0 Å². The number of aliphatic hydroxyl groups excluding tert-OH is 1. The second-order valence-electron chi connectivity index (χ2n) is 7.07. The molecule has 0 saturated carbocycles. The van der Waals surface area contributed by atoms with Crippen LogP contribution < -0.4 is 10.6 Å². The highest BCUT2D eigenvalue weighted by molar-refractivity contribution is 5.74. The fourth-order valence-electron chi connectivity index (χ4n) is 3.07. The van der Waals surface area contributed by atoms with E-state index in [1.165, 1.54) is 20.8 Å². The van der Waals surface area contributed by atoms with Crippen LogP contribution in [0.25, 0.3) is 0 Å². The van der Waals surface area contributed by atoms with Gasteiger partial charge in [-0.1, -0.05) is 30.3 Å². The van der Waals surface area contributed by atoms with Crippen molar-refractivity contribution >= 4 is 17.8 Å². The van der Waals surface area contributed by atoms with Gasteiger partial charge in [0.15, 0.2) is 12.4 Å². The zero-order chi connectivity index (χ0) is 22.3. The third-order valence-corrected chi connectivity index (χ3v) is 4.56. The van der Waals surface area contributed by atoms with Gasteiger partial charge in [0.2, 0.25) is 11.8 Å². The average Bonchev–Trinajstić information content (AvgIpc) is 2.69. The first-order valence-corrected chi connectivity index (χ1v) is 9.58. The molecule has 1 unspecified atom stereocenters. The zero-order valence-electron chi connectivity index (χ0n) is 17.1. The summed E-state index contributed by atoms with van der Waals surface area (Å²) in [4.78, 5) is 34.3. The molecule has 0 aromatic heterocycles. The van der Waals surface area contributed by atoms with Gasteiger partial charge >= 0.3 is 5.97 Å². The Labute approximate surface area is 174 Å². The number of carboxylic acid groups (broad SMARTS) is 1. The molecular formula is C20H28N2O8. The first-order valence-electron chi connectivity index (χ1n) is 9.58. The van der Waals surface area contributed by atoms with Crippen LogP contribution in [0.2, 0.25) is 0 Å². The summed E-state index contributed by atoms with van der Waals surface area (Å²) in [6.07, 6.45) is -5.72. The fraction of sp³-hybridized carbons (Fsp3) is 0.550. The molecule has 2 amide bonds. The number of carbonyl (C=O) groups excluding carboxylic acids is 2. The lowest BCUT2D eigenvalue weighted by Gasteiger charge is -2.45. The van der Waals surface area contributed by atoms with Crippen molar-refractivity contribution in [3.8, 4) is 0 Å². The predicted molar refractivity (Wildman–Crippen MR) is 104 cm³/mol. The largest absolute Gasteiger partial charge is 0.479 e. The van der Waals surface area contributed by atoms with Crippen molar-refractivity contribution in [1.29, 1.82) is 0 Å². The Balaban J connectivity index is 2.26. The van der Waals surface area contributed by atoms with Gasteiger partial charge in [0.05, 0.1) is 6.61 Å². The molecule has 1 fully saturated rings. The van der Waals surface area contributed by atoms with Crippen molar-refractivity contribution in [3.63, 3.8) is 0 Å². The Morgan fingerprint density at radius 2 is 1.83 bits per heavy atom. The summed E-state index contributed by atoms with van der Waals surface area (Å²) >= 11 is 0. The molecule has 2 rings (SSSR count). The predicted octanol–water partition coefficient (Wildman–Crippen LogP) is -0.212. The lowest BCUT2D eigenvalue weighted by molar-refractivity contribution is -0.278. The molecule has 10 heteroatoms. The third-order valence-electron chi connectivity index (χ3n) is 4.56. The minimum Gasteiger partial charge on any atom is -0.479 e. The van der Waals surface area contributed by atoms with Gasteiger partial charge in [-0.3, -0.25) is 9.59 Å². The normalized spacial score (nSPS) is 27.1. The second-order valence-corrected chi connectivity index (χ2v) is 7.07. The monoisotopic (exact) mass is 424 g/mol. The number of aliphatic hydroxyl groups is 1. The average molecular weight is 424 g/mol. The number of aliphatic carboxylic acids is 1. The van der Waals surface area contributed by atoms with Gasteiger partial charge in [-0.2, -0.15) is 0 Å². The topological polar surface area (TPSA) is 143 Å². The van der Waals surface area contributed by atoms with E-state index in [9.17, 15) is 24.6 Å². The van der Waals surface area contributed by atoms with Crippen LogP contribution in [0.15, 0.2) is 30.3 Å². The van der Waals surface area contributed by atoms with Crippen LogP contribution >= 0.6 is 0 Å². The molecule has 0 radical (unpaired) electrons. The molecule has 10 nitrogen and oxygen atoms in total. The van der Waals surface area contributed by atoms with Crippen LogP contribution in [0, 0.1) is 0 Å². The Morgan fingerprint density at radius 1 is 1.17 bits per heavy atom. The lowest BCUT2D eigenvalue weighted by Crippen LogP contribution is -2.66. The Kier molecular flexibility index (Phi) is 8.72. The number of benzene rings is 1. The van der Waals surface area contributed by atoms with Gasteiger partial charge in [0, 0.05) is 20.4 Å². The molecular weight excluding hydrogens is 396 g/mol. The number of ether oxygens (including phenoxy) is 3. The molecule has 1 heterocycles. The summed E-state index contributed by atoms with van der Waals surface area (Å²) in [6.45, 7) is 4.01. The van der Waals surface area contributed by atoms with Gasteiger partial charge in [0.25, 0.3) is 0 Å². The number of carbonyl (C=O) groups is 3. The molecule has 166 valence electrons. The minimum atomic E-state index is -1.33. The zero-order valence-corrected chi connectivity index (χ0v) is 17.1. The van der Waals surface area contributed by atoms with Crippen molar-refractivity contribution < 1.29 is 38.8 Å². The summed E-state index contributed by atoms with van der Waals surface area (Å²) in [6, 6.07) is 8.26. The van der Waals surface area contributed by atoms with Crippen LogP contribution in [-0.4, -0.2) is 71.3 Å². The van der Waals surface area contributed by atoms with Crippen molar-refractivity contribution in [2.24, 2.45) is 0 Å². The number of hydrogen-bond acceptors (Lipinski definition) is 7. The van der Waals surface area contributed by atoms with Gasteiger partial charge in [-0.15, -0.1) is 0 Å². The van der Waals surface area contributed by atoms with E-state index in [4.69, 9.17) is 14.2 Å². The SMILES string of the molecule is CC(=O)NC[C@H]1O[C@H](OCc2ccccc2)[C@H](NC(C)=O)[C@@H](OC(C)C(=O)O)[C@@H]1O. The van der Waals surface area contributed by atoms with E-state index in [0.717, 1.165) is 5.56 Å².